The fourth-order valence-electron chi connectivity index (χ4n) is 2.46. The Labute approximate surface area is 127 Å². The minimum absolute atomic E-state index is 0.426. The van der Waals surface area contributed by atoms with Crippen molar-refractivity contribution in [3.05, 3.63) is 11.5 Å². The first-order chi connectivity index (χ1) is 9.02. The first-order valence-corrected chi connectivity index (χ1v) is 14.7. The van der Waals surface area contributed by atoms with Crippen LogP contribution in [0.4, 0.5) is 0 Å². The summed E-state index contributed by atoms with van der Waals surface area (Å²) in [4.78, 5) is 2.50. The Bertz CT molecular complexity index is 356. The zero-order chi connectivity index (χ0) is 15.6. The fourth-order valence-corrected chi connectivity index (χ4v) is 4.38. The normalized spacial score (nSPS) is 22.7. The molecule has 1 rings (SSSR count). The zero-order valence-corrected chi connectivity index (χ0v) is 16.7. The lowest BCUT2D eigenvalue weighted by Crippen LogP contribution is -2.32. The Kier molecular flexibility index (Phi) is 5.93. The summed E-state index contributed by atoms with van der Waals surface area (Å²) in [5.41, 5.74) is 0. The van der Waals surface area contributed by atoms with Gasteiger partial charge in [0.25, 0.3) is 0 Å². The highest BCUT2D eigenvalue weighted by atomic mass is 28.4. The molecule has 0 unspecified atom stereocenters. The standard InChI is InChI=1S/C15H33NO2Si2/c1-9-16-11-10-14(17-19(3,4)5)15(13(2)12-16)18-20(6,7)8/h13H,9-12H2,1-8H3/t13-/m1/s1. The van der Waals surface area contributed by atoms with Crippen molar-refractivity contribution in [3.8, 4) is 0 Å². The van der Waals surface area contributed by atoms with Gasteiger partial charge in [-0.2, -0.15) is 0 Å². The van der Waals surface area contributed by atoms with Crippen molar-refractivity contribution in [2.24, 2.45) is 5.92 Å². The third kappa shape index (κ3) is 6.01. The minimum atomic E-state index is -1.60. The maximum atomic E-state index is 6.41. The second-order valence-electron chi connectivity index (χ2n) is 7.76. The number of hydrogen-bond acceptors (Lipinski definition) is 3. The Balaban J connectivity index is 3.04. The van der Waals surface area contributed by atoms with Crippen LogP contribution >= 0.6 is 0 Å². The molecule has 0 spiro atoms. The van der Waals surface area contributed by atoms with Crippen LogP contribution in [0.15, 0.2) is 11.5 Å². The molecule has 0 aromatic heterocycles. The molecule has 0 bridgehead atoms. The van der Waals surface area contributed by atoms with Crippen LogP contribution < -0.4 is 0 Å². The van der Waals surface area contributed by atoms with Crippen LogP contribution in [0, 0.1) is 5.92 Å². The molecule has 0 radical (unpaired) electrons. The summed E-state index contributed by atoms with van der Waals surface area (Å²) < 4.78 is 12.8. The Morgan fingerprint density at radius 2 is 1.60 bits per heavy atom. The molecule has 0 saturated carbocycles. The summed E-state index contributed by atoms with van der Waals surface area (Å²) in [6.45, 7) is 21.3. The maximum Gasteiger partial charge on any atom is 0.241 e. The number of nitrogens with zero attached hydrogens (tertiary/aromatic N) is 1. The van der Waals surface area contributed by atoms with E-state index in [-0.39, 0.29) is 0 Å². The summed E-state index contributed by atoms with van der Waals surface area (Å²) in [7, 11) is -3.19. The zero-order valence-electron chi connectivity index (χ0n) is 14.7. The molecule has 0 amide bonds. The van der Waals surface area contributed by atoms with Crippen molar-refractivity contribution in [2.75, 3.05) is 19.6 Å². The van der Waals surface area contributed by atoms with Gasteiger partial charge in [0.05, 0.1) is 0 Å². The van der Waals surface area contributed by atoms with Gasteiger partial charge in [-0.25, -0.2) is 0 Å². The fraction of sp³-hybridized carbons (Fsp3) is 0.867. The van der Waals surface area contributed by atoms with Crippen molar-refractivity contribution >= 4 is 16.6 Å². The van der Waals surface area contributed by atoms with Gasteiger partial charge in [0.2, 0.25) is 16.6 Å². The molecule has 0 aliphatic carbocycles. The highest BCUT2D eigenvalue weighted by Crippen LogP contribution is 2.30. The van der Waals surface area contributed by atoms with Crippen LogP contribution in [-0.4, -0.2) is 41.2 Å². The van der Waals surface area contributed by atoms with E-state index < -0.39 is 16.6 Å². The lowest BCUT2D eigenvalue weighted by atomic mass is 10.1. The van der Waals surface area contributed by atoms with Crippen LogP contribution in [0.1, 0.15) is 20.3 Å². The van der Waals surface area contributed by atoms with Gasteiger partial charge in [-0.3, -0.25) is 0 Å². The summed E-state index contributed by atoms with van der Waals surface area (Å²) in [6, 6.07) is 0. The summed E-state index contributed by atoms with van der Waals surface area (Å²) in [6.07, 6.45) is 0.988. The van der Waals surface area contributed by atoms with Crippen LogP contribution in [0.3, 0.4) is 0 Å². The summed E-state index contributed by atoms with van der Waals surface area (Å²) >= 11 is 0. The van der Waals surface area contributed by atoms with E-state index in [1.807, 2.05) is 0 Å². The van der Waals surface area contributed by atoms with Crippen molar-refractivity contribution in [2.45, 2.75) is 59.6 Å². The topological polar surface area (TPSA) is 21.7 Å². The summed E-state index contributed by atoms with van der Waals surface area (Å²) in [5.74, 6) is 2.70. The lowest BCUT2D eigenvalue weighted by Gasteiger charge is -2.30. The molecule has 1 heterocycles. The number of hydrogen-bond donors (Lipinski definition) is 0. The van der Waals surface area contributed by atoms with Gasteiger partial charge in [-0.1, -0.05) is 13.8 Å². The highest BCUT2D eigenvalue weighted by molar-refractivity contribution is 6.70. The van der Waals surface area contributed by atoms with E-state index in [0.717, 1.165) is 37.6 Å². The van der Waals surface area contributed by atoms with E-state index in [1.54, 1.807) is 0 Å². The van der Waals surface area contributed by atoms with Crippen molar-refractivity contribution < 1.29 is 8.85 Å². The van der Waals surface area contributed by atoms with Gasteiger partial charge in [0.1, 0.15) is 11.5 Å². The van der Waals surface area contributed by atoms with E-state index in [1.165, 1.54) is 0 Å². The van der Waals surface area contributed by atoms with Gasteiger partial charge >= 0.3 is 0 Å². The van der Waals surface area contributed by atoms with Crippen LogP contribution in [0.25, 0.3) is 0 Å². The average Bonchev–Trinajstić information content (AvgIpc) is 2.38. The van der Waals surface area contributed by atoms with Gasteiger partial charge in [0, 0.05) is 25.4 Å². The molecule has 0 N–H and O–H groups in total. The highest BCUT2D eigenvalue weighted by Gasteiger charge is 2.30. The minimum Gasteiger partial charge on any atom is -0.545 e. The van der Waals surface area contributed by atoms with Gasteiger partial charge in [-0.15, -0.1) is 0 Å². The van der Waals surface area contributed by atoms with Crippen molar-refractivity contribution in [1.29, 1.82) is 0 Å². The number of rotatable bonds is 5. The third-order valence-corrected chi connectivity index (χ3v) is 4.89. The molecule has 0 aromatic carbocycles. The smallest absolute Gasteiger partial charge is 0.241 e. The second kappa shape index (κ2) is 6.66. The Hall–Kier alpha value is -0.266. The van der Waals surface area contributed by atoms with Crippen LogP contribution in [-0.2, 0) is 8.85 Å². The van der Waals surface area contributed by atoms with E-state index in [2.05, 4.69) is 58.0 Å². The molecule has 0 saturated heterocycles. The van der Waals surface area contributed by atoms with Gasteiger partial charge < -0.3 is 13.8 Å². The Morgan fingerprint density at radius 3 is 2.05 bits per heavy atom. The molecule has 0 aromatic rings. The maximum absolute atomic E-state index is 6.41. The van der Waals surface area contributed by atoms with Gasteiger partial charge in [-0.05, 0) is 45.8 Å². The predicted octanol–water partition coefficient (Wildman–Crippen LogP) is 4.26. The predicted molar refractivity (Wildman–Crippen MR) is 91.8 cm³/mol. The Morgan fingerprint density at radius 1 is 1.05 bits per heavy atom. The largest absolute Gasteiger partial charge is 0.545 e. The summed E-state index contributed by atoms with van der Waals surface area (Å²) in [5, 5.41) is 0. The molecular formula is C15H33NO2Si2. The van der Waals surface area contributed by atoms with Crippen LogP contribution in [0.5, 0.6) is 0 Å². The molecule has 20 heavy (non-hydrogen) atoms. The molecule has 1 aliphatic heterocycles. The van der Waals surface area contributed by atoms with E-state index >= 15 is 0 Å². The van der Waals surface area contributed by atoms with E-state index in [4.69, 9.17) is 8.85 Å². The molecular weight excluding hydrogens is 282 g/mol. The first-order valence-electron chi connectivity index (χ1n) is 7.85. The van der Waals surface area contributed by atoms with Crippen LogP contribution in [0.2, 0.25) is 39.3 Å². The molecule has 3 nitrogen and oxygen atoms in total. The molecule has 1 aliphatic rings. The quantitative estimate of drug-likeness (QED) is 0.707. The van der Waals surface area contributed by atoms with Gasteiger partial charge in [0.15, 0.2) is 0 Å². The lowest BCUT2D eigenvalue weighted by molar-refractivity contribution is 0.249. The molecule has 118 valence electrons. The SMILES string of the molecule is CCN1CCC(O[Si](C)(C)C)=C(O[Si](C)(C)C)[C@H](C)C1. The average molecular weight is 316 g/mol. The first kappa shape index (κ1) is 17.8. The third-order valence-electron chi connectivity index (χ3n) is 3.20. The van der Waals surface area contributed by atoms with Crippen molar-refractivity contribution in [3.63, 3.8) is 0 Å². The molecule has 0 fully saturated rings. The molecule has 5 heteroatoms. The van der Waals surface area contributed by atoms with E-state index in [9.17, 15) is 0 Å². The second-order valence-corrected chi connectivity index (χ2v) is 16.6. The van der Waals surface area contributed by atoms with E-state index in [0.29, 0.717) is 5.92 Å². The molecule has 1 atom stereocenters. The monoisotopic (exact) mass is 315 g/mol. The van der Waals surface area contributed by atoms with Crippen molar-refractivity contribution in [1.82, 2.24) is 4.90 Å².